The van der Waals surface area contributed by atoms with E-state index in [1.807, 2.05) is 0 Å². The van der Waals surface area contributed by atoms with Gasteiger partial charge in [-0.15, -0.1) is 0 Å². The number of phenolic OH excluding ortho intramolecular Hbond substituents is 1. The van der Waals surface area contributed by atoms with Crippen LogP contribution in [0, 0.1) is 6.92 Å². The first kappa shape index (κ1) is 20.9. The summed E-state index contributed by atoms with van der Waals surface area (Å²) in [5.74, 6) is -1.90. The third-order valence-corrected chi connectivity index (χ3v) is 5.53. The van der Waals surface area contributed by atoms with Crippen molar-refractivity contribution in [1.29, 1.82) is 0 Å². The van der Waals surface area contributed by atoms with E-state index >= 15 is 0 Å². The SMILES string of the molecule is CCCCCC(C(=O)O)c1c(C)n(C(=O)c2ccc(Cl)cc2)c2ccc(O)cc12. The van der Waals surface area contributed by atoms with Gasteiger partial charge in [0.1, 0.15) is 5.75 Å². The highest BCUT2D eigenvalue weighted by molar-refractivity contribution is 6.30. The van der Waals surface area contributed by atoms with Gasteiger partial charge in [-0.05, 0) is 61.4 Å². The van der Waals surface area contributed by atoms with Crippen molar-refractivity contribution in [3.05, 3.63) is 64.3 Å². The molecule has 1 aromatic heterocycles. The Morgan fingerprint density at radius 1 is 1.10 bits per heavy atom. The Morgan fingerprint density at radius 2 is 1.79 bits per heavy atom. The van der Waals surface area contributed by atoms with Gasteiger partial charge < -0.3 is 10.2 Å². The summed E-state index contributed by atoms with van der Waals surface area (Å²) in [4.78, 5) is 25.3. The Bertz CT molecular complexity index is 1050. The van der Waals surface area contributed by atoms with E-state index in [9.17, 15) is 19.8 Å². The number of carboxylic acids is 1. The van der Waals surface area contributed by atoms with Gasteiger partial charge in [0, 0.05) is 21.7 Å². The van der Waals surface area contributed by atoms with Crippen LogP contribution in [0.25, 0.3) is 10.9 Å². The second-order valence-electron chi connectivity index (χ2n) is 7.23. The molecule has 0 aliphatic carbocycles. The average molecular weight is 414 g/mol. The predicted octanol–water partition coefficient (Wildman–Crippen LogP) is 5.75. The summed E-state index contributed by atoms with van der Waals surface area (Å²) in [5.41, 5.74) is 2.19. The minimum absolute atomic E-state index is 0.0348. The van der Waals surface area contributed by atoms with Crippen LogP contribution in [0.1, 0.15) is 60.1 Å². The van der Waals surface area contributed by atoms with E-state index in [-0.39, 0.29) is 11.7 Å². The van der Waals surface area contributed by atoms with Crippen LogP contribution in [0.4, 0.5) is 0 Å². The maximum absolute atomic E-state index is 13.3. The smallest absolute Gasteiger partial charge is 0.311 e. The standard InChI is InChI=1S/C23H24ClNO4/c1-3-4-5-6-18(23(28)29)21-14(2)25(20-12-11-17(26)13-19(20)21)22(27)15-7-9-16(24)10-8-15/h7-13,18,26H,3-6H2,1-2H3,(H,28,29). The fourth-order valence-corrected chi connectivity index (χ4v) is 3.97. The zero-order valence-corrected chi connectivity index (χ0v) is 17.2. The van der Waals surface area contributed by atoms with Crippen molar-refractivity contribution in [2.45, 2.75) is 45.4 Å². The van der Waals surface area contributed by atoms with Crippen molar-refractivity contribution >= 4 is 34.4 Å². The van der Waals surface area contributed by atoms with Crippen molar-refractivity contribution in [2.24, 2.45) is 0 Å². The Kier molecular flexibility index (Phi) is 6.28. The molecule has 0 saturated heterocycles. The number of nitrogens with zero attached hydrogens (tertiary/aromatic N) is 1. The molecule has 1 heterocycles. The van der Waals surface area contributed by atoms with Gasteiger partial charge >= 0.3 is 5.97 Å². The molecule has 3 rings (SSSR count). The molecule has 0 aliphatic heterocycles. The number of rotatable bonds is 7. The maximum atomic E-state index is 13.3. The zero-order valence-electron chi connectivity index (χ0n) is 16.5. The maximum Gasteiger partial charge on any atom is 0.311 e. The highest BCUT2D eigenvalue weighted by Crippen LogP contribution is 2.37. The molecule has 152 valence electrons. The Balaban J connectivity index is 2.19. The van der Waals surface area contributed by atoms with Crippen LogP contribution in [0.15, 0.2) is 42.5 Å². The number of hydrogen-bond donors (Lipinski definition) is 2. The van der Waals surface area contributed by atoms with E-state index in [0.29, 0.717) is 39.2 Å². The molecule has 2 N–H and O–H groups in total. The molecule has 1 atom stereocenters. The number of carbonyl (C=O) groups is 2. The molecule has 0 radical (unpaired) electrons. The number of aromatic nitrogens is 1. The second-order valence-corrected chi connectivity index (χ2v) is 7.67. The Hall–Kier alpha value is -2.79. The lowest BCUT2D eigenvalue weighted by Crippen LogP contribution is -2.16. The van der Waals surface area contributed by atoms with Gasteiger partial charge in [-0.2, -0.15) is 0 Å². The summed E-state index contributed by atoms with van der Waals surface area (Å²) in [7, 11) is 0. The summed E-state index contributed by atoms with van der Waals surface area (Å²) in [6.07, 6.45) is 3.19. The quantitative estimate of drug-likeness (QED) is 0.483. The lowest BCUT2D eigenvalue weighted by atomic mass is 9.91. The van der Waals surface area contributed by atoms with Gasteiger partial charge in [-0.25, -0.2) is 0 Å². The van der Waals surface area contributed by atoms with E-state index in [1.54, 1.807) is 43.3 Å². The van der Waals surface area contributed by atoms with Crippen LogP contribution < -0.4 is 0 Å². The predicted molar refractivity (Wildman–Crippen MR) is 114 cm³/mol. The van der Waals surface area contributed by atoms with Crippen LogP contribution in [-0.4, -0.2) is 26.7 Å². The number of aromatic hydroxyl groups is 1. The van der Waals surface area contributed by atoms with Crippen molar-refractivity contribution in [2.75, 3.05) is 0 Å². The third kappa shape index (κ3) is 4.15. The van der Waals surface area contributed by atoms with E-state index in [2.05, 4.69) is 6.92 Å². The van der Waals surface area contributed by atoms with Gasteiger partial charge in [0.15, 0.2) is 0 Å². The summed E-state index contributed by atoms with van der Waals surface area (Å²) < 4.78 is 1.53. The van der Waals surface area contributed by atoms with Crippen molar-refractivity contribution < 1.29 is 19.8 Å². The highest BCUT2D eigenvalue weighted by Gasteiger charge is 2.29. The van der Waals surface area contributed by atoms with Crippen LogP contribution >= 0.6 is 11.6 Å². The minimum Gasteiger partial charge on any atom is -0.508 e. The molecular formula is C23H24ClNO4. The molecule has 0 aliphatic rings. The monoisotopic (exact) mass is 413 g/mol. The third-order valence-electron chi connectivity index (χ3n) is 5.27. The summed E-state index contributed by atoms with van der Waals surface area (Å²) in [6, 6.07) is 11.3. The number of carbonyl (C=O) groups excluding carboxylic acids is 1. The molecule has 5 nitrogen and oxygen atoms in total. The fraction of sp³-hybridized carbons (Fsp3) is 0.304. The molecule has 0 bridgehead atoms. The van der Waals surface area contributed by atoms with Crippen LogP contribution in [0.5, 0.6) is 5.75 Å². The Morgan fingerprint density at radius 3 is 2.41 bits per heavy atom. The second kappa shape index (κ2) is 8.70. The molecular weight excluding hydrogens is 390 g/mol. The highest BCUT2D eigenvalue weighted by atomic mass is 35.5. The van der Waals surface area contributed by atoms with Gasteiger partial charge in [0.25, 0.3) is 5.91 Å². The molecule has 6 heteroatoms. The number of carboxylic acid groups (broad SMARTS) is 1. The summed E-state index contributed by atoms with van der Waals surface area (Å²) >= 11 is 5.94. The van der Waals surface area contributed by atoms with E-state index < -0.39 is 11.9 Å². The molecule has 29 heavy (non-hydrogen) atoms. The summed E-state index contributed by atoms with van der Waals surface area (Å²) in [5, 5.41) is 21.0. The molecule has 2 aromatic carbocycles. The fourth-order valence-electron chi connectivity index (χ4n) is 3.84. The lowest BCUT2D eigenvalue weighted by Gasteiger charge is -2.14. The first-order valence-electron chi connectivity index (χ1n) is 9.72. The number of halogens is 1. The largest absolute Gasteiger partial charge is 0.508 e. The summed E-state index contributed by atoms with van der Waals surface area (Å²) in [6.45, 7) is 3.83. The number of aliphatic carboxylic acids is 1. The van der Waals surface area contributed by atoms with Crippen LogP contribution in [0.3, 0.4) is 0 Å². The van der Waals surface area contributed by atoms with Gasteiger partial charge in [0.2, 0.25) is 0 Å². The normalized spacial score (nSPS) is 12.2. The number of unbranched alkanes of at least 4 members (excludes halogenated alkanes) is 2. The van der Waals surface area contributed by atoms with E-state index in [0.717, 1.165) is 19.3 Å². The first-order valence-corrected chi connectivity index (χ1v) is 10.1. The molecule has 3 aromatic rings. The van der Waals surface area contributed by atoms with E-state index in [4.69, 9.17) is 11.6 Å². The molecule has 0 fully saturated rings. The van der Waals surface area contributed by atoms with Crippen molar-refractivity contribution in [3.63, 3.8) is 0 Å². The number of benzene rings is 2. The number of fused-ring (bicyclic) bond motifs is 1. The van der Waals surface area contributed by atoms with Gasteiger partial charge in [-0.1, -0.05) is 37.8 Å². The first-order chi connectivity index (χ1) is 13.8. The van der Waals surface area contributed by atoms with Crippen molar-refractivity contribution in [1.82, 2.24) is 4.57 Å². The molecule has 1 unspecified atom stereocenters. The van der Waals surface area contributed by atoms with Crippen molar-refractivity contribution in [3.8, 4) is 5.75 Å². The van der Waals surface area contributed by atoms with E-state index in [1.165, 1.54) is 10.6 Å². The molecule has 0 saturated carbocycles. The lowest BCUT2D eigenvalue weighted by molar-refractivity contribution is -0.139. The van der Waals surface area contributed by atoms with Gasteiger partial charge in [-0.3, -0.25) is 14.2 Å². The van der Waals surface area contributed by atoms with Crippen LogP contribution in [-0.2, 0) is 4.79 Å². The van der Waals surface area contributed by atoms with Crippen LogP contribution in [0.2, 0.25) is 5.02 Å². The molecule has 0 spiro atoms. The Labute approximate surface area is 174 Å². The van der Waals surface area contributed by atoms with Gasteiger partial charge in [0.05, 0.1) is 11.4 Å². The molecule has 0 amide bonds. The number of hydrogen-bond acceptors (Lipinski definition) is 3. The zero-order chi connectivity index (χ0) is 21.1. The topological polar surface area (TPSA) is 79.5 Å². The minimum atomic E-state index is -0.925. The average Bonchev–Trinajstić information content (AvgIpc) is 2.96. The number of phenols is 1.